The molecule has 1 aromatic heterocycles. The maximum absolute atomic E-state index is 13.8. The Kier molecular flexibility index (Phi) is 4.22. The van der Waals surface area contributed by atoms with E-state index in [1.54, 1.807) is 23.5 Å². The van der Waals surface area contributed by atoms with Crippen molar-refractivity contribution < 1.29 is 9.13 Å². The highest BCUT2D eigenvalue weighted by Crippen LogP contribution is 2.31. The minimum atomic E-state index is -0.357. The zero-order valence-electron chi connectivity index (χ0n) is 11.3. The van der Waals surface area contributed by atoms with E-state index in [0.29, 0.717) is 0 Å². The second-order valence-electron chi connectivity index (χ2n) is 4.78. The van der Waals surface area contributed by atoms with Gasteiger partial charge in [0.2, 0.25) is 0 Å². The van der Waals surface area contributed by atoms with Gasteiger partial charge in [0, 0.05) is 15.8 Å². The van der Waals surface area contributed by atoms with Gasteiger partial charge in [0.05, 0.1) is 0 Å². The van der Waals surface area contributed by atoms with Gasteiger partial charge in [-0.1, -0.05) is 6.07 Å². The lowest BCUT2D eigenvalue weighted by molar-refractivity contribution is 0.176. The third-order valence-corrected chi connectivity index (χ3v) is 3.92. The van der Waals surface area contributed by atoms with Crippen molar-refractivity contribution in [1.82, 2.24) is 0 Å². The van der Waals surface area contributed by atoms with Gasteiger partial charge in [0.15, 0.2) is 11.6 Å². The van der Waals surface area contributed by atoms with Crippen LogP contribution in [-0.4, -0.2) is 6.04 Å². The standard InChI is InChI=1S/C15H18FNOS/c1-9-4-6-12(16)13(8-9)18-15(11(3)17)14-7-5-10(2)19-14/h4-8,11,15H,17H2,1-3H3. The van der Waals surface area contributed by atoms with Gasteiger partial charge < -0.3 is 10.5 Å². The number of benzene rings is 1. The van der Waals surface area contributed by atoms with Gasteiger partial charge in [-0.25, -0.2) is 4.39 Å². The van der Waals surface area contributed by atoms with Crippen molar-refractivity contribution in [1.29, 1.82) is 0 Å². The molecule has 2 atom stereocenters. The Hall–Kier alpha value is -1.39. The lowest BCUT2D eigenvalue weighted by Crippen LogP contribution is -2.28. The van der Waals surface area contributed by atoms with E-state index in [9.17, 15) is 4.39 Å². The summed E-state index contributed by atoms with van der Waals surface area (Å²) in [6.07, 6.45) is -0.324. The summed E-state index contributed by atoms with van der Waals surface area (Å²) in [6, 6.07) is 8.64. The molecule has 0 saturated carbocycles. The summed E-state index contributed by atoms with van der Waals surface area (Å²) in [5, 5.41) is 0. The first-order chi connectivity index (χ1) is 8.97. The van der Waals surface area contributed by atoms with Gasteiger partial charge in [0.1, 0.15) is 6.10 Å². The van der Waals surface area contributed by atoms with Crippen LogP contribution in [0.5, 0.6) is 5.75 Å². The lowest BCUT2D eigenvalue weighted by Gasteiger charge is -2.22. The molecule has 1 aromatic carbocycles. The van der Waals surface area contributed by atoms with Gasteiger partial charge in [0.25, 0.3) is 0 Å². The Morgan fingerprint density at radius 2 is 1.95 bits per heavy atom. The van der Waals surface area contributed by atoms with Gasteiger partial charge >= 0.3 is 0 Å². The fraction of sp³-hybridized carbons (Fsp3) is 0.333. The van der Waals surface area contributed by atoms with E-state index in [1.807, 2.05) is 32.9 Å². The van der Waals surface area contributed by atoms with E-state index in [2.05, 4.69) is 0 Å². The second kappa shape index (κ2) is 5.72. The highest BCUT2D eigenvalue weighted by Gasteiger charge is 2.21. The molecule has 2 rings (SSSR count). The van der Waals surface area contributed by atoms with Gasteiger partial charge in [-0.3, -0.25) is 0 Å². The van der Waals surface area contributed by atoms with Crippen molar-refractivity contribution in [3.63, 3.8) is 0 Å². The van der Waals surface area contributed by atoms with Gasteiger partial charge in [-0.15, -0.1) is 11.3 Å². The highest BCUT2D eigenvalue weighted by atomic mass is 32.1. The summed E-state index contributed by atoms with van der Waals surface area (Å²) < 4.78 is 19.5. The summed E-state index contributed by atoms with van der Waals surface area (Å²) in [5.41, 5.74) is 6.93. The molecule has 0 aliphatic carbocycles. The van der Waals surface area contributed by atoms with Crippen LogP contribution < -0.4 is 10.5 Å². The number of hydrogen-bond acceptors (Lipinski definition) is 3. The first-order valence-corrected chi connectivity index (χ1v) is 7.03. The van der Waals surface area contributed by atoms with Crippen molar-refractivity contribution in [3.05, 3.63) is 51.5 Å². The van der Waals surface area contributed by atoms with Crippen LogP contribution in [0.15, 0.2) is 30.3 Å². The summed E-state index contributed by atoms with van der Waals surface area (Å²) in [7, 11) is 0. The molecule has 0 fully saturated rings. The van der Waals surface area contributed by atoms with E-state index in [1.165, 1.54) is 10.9 Å². The molecule has 0 radical (unpaired) electrons. The van der Waals surface area contributed by atoms with Crippen LogP contribution in [0.1, 0.15) is 28.3 Å². The second-order valence-corrected chi connectivity index (χ2v) is 6.10. The van der Waals surface area contributed by atoms with Crippen molar-refractivity contribution >= 4 is 11.3 Å². The SMILES string of the molecule is Cc1ccc(F)c(OC(c2ccc(C)s2)C(C)N)c1. The number of nitrogens with two attached hydrogens (primary N) is 1. The number of hydrogen-bond donors (Lipinski definition) is 1. The van der Waals surface area contributed by atoms with E-state index >= 15 is 0 Å². The molecule has 4 heteroatoms. The zero-order valence-corrected chi connectivity index (χ0v) is 12.1. The largest absolute Gasteiger partial charge is 0.480 e. The Balaban J connectivity index is 2.29. The minimum Gasteiger partial charge on any atom is -0.480 e. The molecule has 2 N–H and O–H groups in total. The quantitative estimate of drug-likeness (QED) is 0.919. The monoisotopic (exact) mass is 279 g/mol. The van der Waals surface area contributed by atoms with E-state index in [-0.39, 0.29) is 23.7 Å². The molecule has 2 unspecified atom stereocenters. The summed E-state index contributed by atoms with van der Waals surface area (Å²) in [6.45, 7) is 5.80. The van der Waals surface area contributed by atoms with E-state index < -0.39 is 0 Å². The van der Waals surface area contributed by atoms with Crippen molar-refractivity contribution in [2.45, 2.75) is 32.9 Å². The lowest BCUT2D eigenvalue weighted by atomic mass is 10.1. The Morgan fingerprint density at radius 1 is 1.21 bits per heavy atom. The molecule has 0 aliphatic rings. The van der Waals surface area contributed by atoms with Crippen LogP contribution in [0.2, 0.25) is 0 Å². The molecule has 0 bridgehead atoms. The number of rotatable bonds is 4. The van der Waals surface area contributed by atoms with Crippen LogP contribution in [0, 0.1) is 19.7 Å². The highest BCUT2D eigenvalue weighted by molar-refractivity contribution is 7.12. The predicted octanol–water partition coefficient (Wildman–Crippen LogP) is 3.97. The third-order valence-electron chi connectivity index (χ3n) is 2.86. The van der Waals surface area contributed by atoms with Gasteiger partial charge in [-0.05, 0) is 50.6 Å². The minimum absolute atomic E-state index is 0.210. The first kappa shape index (κ1) is 14.0. The average molecular weight is 279 g/mol. The fourth-order valence-electron chi connectivity index (χ4n) is 1.87. The normalized spacial score (nSPS) is 14.2. The number of halogens is 1. The van der Waals surface area contributed by atoms with Gasteiger partial charge in [-0.2, -0.15) is 0 Å². The Bertz CT molecular complexity index is 565. The van der Waals surface area contributed by atoms with Crippen LogP contribution >= 0.6 is 11.3 Å². The summed E-state index contributed by atoms with van der Waals surface area (Å²) >= 11 is 1.63. The predicted molar refractivity (Wildman–Crippen MR) is 77.2 cm³/mol. The van der Waals surface area contributed by atoms with Crippen molar-refractivity contribution in [3.8, 4) is 5.75 Å². The maximum Gasteiger partial charge on any atom is 0.165 e. The number of ether oxygens (including phenoxy) is 1. The number of aryl methyl sites for hydroxylation is 2. The molecule has 2 nitrogen and oxygen atoms in total. The molecular weight excluding hydrogens is 261 g/mol. The molecule has 0 spiro atoms. The Morgan fingerprint density at radius 3 is 2.53 bits per heavy atom. The molecule has 0 amide bonds. The molecule has 102 valence electrons. The van der Waals surface area contributed by atoms with Crippen LogP contribution in [-0.2, 0) is 0 Å². The molecular formula is C15H18FNOS. The fourth-order valence-corrected chi connectivity index (χ4v) is 2.89. The van der Waals surface area contributed by atoms with Crippen molar-refractivity contribution in [2.24, 2.45) is 5.73 Å². The summed E-state index contributed by atoms with van der Waals surface area (Å²) in [5.74, 6) is -0.0992. The molecule has 1 heterocycles. The Labute approximate surface area is 117 Å². The summed E-state index contributed by atoms with van der Waals surface area (Å²) in [4.78, 5) is 2.21. The smallest absolute Gasteiger partial charge is 0.165 e. The topological polar surface area (TPSA) is 35.2 Å². The molecule has 0 aliphatic heterocycles. The van der Waals surface area contributed by atoms with Crippen molar-refractivity contribution in [2.75, 3.05) is 0 Å². The molecule has 0 saturated heterocycles. The number of thiophene rings is 1. The molecule has 2 aromatic rings. The first-order valence-electron chi connectivity index (χ1n) is 6.22. The van der Waals surface area contributed by atoms with E-state index in [4.69, 9.17) is 10.5 Å². The third kappa shape index (κ3) is 3.33. The van der Waals surface area contributed by atoms with Crippen LogP contribution in [0.25, 0.3) is 0 Å². The average Bonchev–Trinajstić information content (AvgIpc) is 2.76. The van der Waals surface area contributed by atoms with E-state index in [0.717, 1.165) is 10.4 Å². The molecule has 19 heavy (non-hydrogen) atoms. The maximum atomic E-state index is 13.8. The van der Waals surface area contributed by atoms with Crippen LogP contribution in [0.4, 0.5) is 4.39 Å². The van der Waals surface area contributed by atoms with Crippen LogP contribution in [0.3, 0.4) is 0 Å². The zero-order chi connectivity index (χ0) is 14.0.